The fourth-order valence-electron chi connectivity index (χ4n) is 2.10. The highest BCUT2D eigenvalue weighted by Gasteiger charge is 2.23. The van der Waals surface area contributed by atoms with E-state index in [1.807, 2.05) is 7.05 Å². The maximum absolute atomic E-state index is 12.3. The van der Waals surface area contributed by atoms with Gasteiger partial charge in [0, 0.05) is 25.5 Å². The summed E-state index contributed by atoms with van der Waals surface area (Å²) in [6.45, 7) is 1.93. The van der Waals surface area contributed by atoms with Gasteiger partial charge in [0.05, 0.1) is 10.6 Å². The second-order valence-electron chi connectivity index (χ2n) is 4.25. The number of pyridine rings is 1. The fourth-order valence-corrected chi connectivity index (χ4v) is 2.30. The lowest BCUT2D eigenvalue weighted by Crippen LogP contribution is -2.44. The largest absolute Gasteiger partial charge is 0.339 e. The lowest BCUT2D eigenvalue weighted by Gasteiger charge is -2.31. The molecule has 0 unspecified atom stereocenters. The Morgan fingerprint density at radius 2 is 2.05 bits per heavy atom. The number of carbonyl (C=O) groups is 1. The molecule has 4 nitrogen and oxygen atoms in total. The molecule has 2 heterocycles. The summed E-state index contributed by atoms with van der Waals surface area (Å²) in [6.07, 6.45) is 5.08. The number of hydrogen-bond acceptors (Lipinski definition) is 3. The normalized spacial score (nSPS) is 15.1. The van der Waals surface area contributed by atoms with Gasteiger partial charge >= 0.3 is 0 Å². The molecule has 1 amide bonds. The number of hydrogen-bond donors (Lipinski definition) is 1. The van der Waals surface area contributed by atoms with E-state index in [1.54, 1.807) is 17.2 Å². The summed E-state index contributed by atoms with van der Waals surface area (Å²) in [5, 5.41) is 3.70. The molecule has 1 N–H and O–H groups in total. The maximum atomic E-state index is 12.3. The first-order valence-corrected chi connectivity index (χ1v) is 6.15. The van der Waals surface area contributed by atoms with Crippen LogP contribution in [0.3, 0.4) is 0 Å². The number of halogens is 3. The van der Waals surface area contributed by atoms with E-state index >= 15 is 0 Å². The summed E-state index contributed by atoms with van der Waals surface area (Å²) in [6, 6.07) is 1.97. The molecule has 1 fully saturated rings. The molecule has 0 radical (unpaired) electrons. The third kappa shape index (κ3) is 4.49. The van der Waals surface area contributed by atoms with E-state index in [2.05, 4.69) is 10.3 Å². The molecule has 0 aromatic carbocycles. The van der Waals surface area contributed by atoms with Crippen molar-refractivity contribution in [3.63, 3.8) is 0 Å². The molecule has 0 saturated carbocycles. The molecule has 0 bridgehead atoms. The van der Waals surface area contributed by atoms with E-state index in [4.69, 9.17) is 11.6 Å². The van der Waals surface area contributed by atoms with Crippen LogP contribution in [0.2, 0.25) is 5.02 Å². The molecule has 1 aromatic rings. The van der Waals surface area contributed by atoms with Crippen LogP contribution in [0.4, 0.5) is 0 Å². The third-order valence-electron chi connectivity index (χ3n) is 3.18. The van der Waals surface area contributed by atoms with Crippen molar-refractivity contribution in [3.05, 3.63) is 29.0 Å². The van der Waals surface area contributed by atoms with Crippen LogP contribution in [0.5, 0.6) is 0 Å². The minimum atomic E-state index is -0.0238. The van der Waals surface area contributed by atoms with E-state index < -0.39 is 0 Å². The summed E-state index contributed by atoms with van der Waals surface area (Å²) in [5.74, 6) is -0.0238. The molecule has 108 valence electrons. The van der Waals surface area contributed by atoms with Gasteiger partial charge in [0.2, 0.25) is 0 Å². The highest BCUT2D eigenvalue weighted by Crippen LogP contribution is 2.18. The maximum Gasteiger partial charge on any atom is 0.255 e. The van der Waals surface area contributed by atoms with Crippen molar-refractivity contribution in [2.24, 2.45) is 0 Å². The molecule has 2 rings (SSSR count). The summed E-state index contributed by atoms with van der Waals surface area (Å²) < 4.78 is 0. The predicted molar refractivity (Wildman–Crippen MR) is 81.7 cm³/mol. The Bertz CT molecular complexity index is 411. The SMILES string of the molecule is CN(C(=O)c1ccncc1Cl)C1CCNCC1.Cl.Cl. The summed E-state index contributed by atoms with van der Waals surface area (Å²) in [7, 11) is 1.84. The minimum absolute atomic E-state index is 0. The molecule has 19 heavy (non-hydrogen) atoms. The molecule has 0 aliphatic carbocycles. The van der Waals surface area contributed by atoms with E-state index in [1.165, 1.54) is 6.20 Å². The smallest absolute Gasteiger partial charge is 0.255 e. The van der Waals surface area contributed by atoms with Crippen molar-refractivity contribution >= 4 is 42.3 Å². The Labute approximate surface area is 130 Å². The zero-order chi connectivity index (χ0) is 12.3. The number of rotatable bonds is 2. The van der Waals surface area contributed by atoms with Crippen LogP contribution in [-0.4, -0.2) is 42.0 Å². The molecule has 0 atom stereocenters. The van der Waals surface area contributed by atoms with Gasteiger partial charge in [-0.3, -0.25) is 9.78 Å². The topological polar surface area (TPSA) is 45.2 Å². The van der Waals surface area contributed by atoms with Gasteiger partial charge in [-0.05, 0) is 32.0 Å². The van der Waals surface area contributed by atoms with E-state index in [-0.39, 0.29) is 30.7 Å². The molecular formula is C12H18Cl3N3O. The molecule has 1 aliphatic rings. The van der Waals surface area contributed by atoms with Crippen molar-refractivity contribution in [1.29, 1.82) is 0 Å². The average molecular weight is 327 g/mol. The van der Waals surface area contributed by atoms with Gasteiger partial charge in [0.25, 0.3) is 5.91 Å². The molecule has 1 saturated heterocycles. The quantitative estimate of drug-likeness (QED) is 0.908. The summed E-state index contributed by atoms with van der Waals surface area (Å²) in [5.41, 5.74) is 0.530. The Morgan fingerprint density at radius 1 is 1.42 bits per heavy atom. The van der Waals surface area contributed by atoms with Crippen LogP contribution in [0.1, 0.15) is 23.2 Å². The van der Waals surface area contributed by atoms with Crippen molar-refractivity contribution in [3.8, 4) is 0 Å². The third-order valence-corrected chi connectivity index (χ3v) is 3.48. The van der Waals surface area contributed by atoms with Gasteiger partial charge in [-0.1, -0.05) is 11.6 Å². The zero-order valence-electron chi connectivity index (χ0n) is 10.6. The first kappa shape index (κ1) is 18.4. The lowest BCUT2D eigenvalue weighted by molar-refractivity contribution is 0.0703. The predicted octanol–water partition coefficient (Wildman–Crippen LogP) is 2.40. The van der Waals surface area contributed by atoms with Gasteiger partial charge in [-0.2, -0.15) is 0 Å². The van der Waals surface area contributed by atoms with Gasteiger partial charge in [-0.15, -0.1) is 24.8 Å². The monoisotopic (exact) mass is 325 g/mol. The van der Waals surface area contributed by atoms with Crippen molar-refractivity contribution in [2.45, 2.75) is 18.9 Å². The summed E-state index contributed by atoms with van der Waals surface area (Å²) >= 11 is 5.98. The van der Waals surface area contributed by atoms with Crippen LogP contribution >= 0.6 is 36.4 Å². The van der Waals surface area contributed by atoms with E-state index in [9.17, 15) is 4.79 Å². The number of nitrogens with zero attached hydrogens (tertiary/aromatic N) is 2. The van der Waals surface area contributed by atoms with Gasteiger partial charge in [0.1, 0.15) is 0 Å². The number of amides is 1. The van der Waals surface area contributed by atoms with Crippen molar-refractivity contribution < 1.29 is 4.79 Å². The second kappa shape index (κ2) is 8.59. The Kier molecular flexibility index (Phi) is 8.34. The number of nitrogens with one attached hydrogen (secondary N) is 1. The molecular weight excluding hydrogens is 309 g/mol. The van der Waals surface area contributed by atoms with Gasteiger partial charge < -0.3 is 10.2 Å². The number of carbonyl (C=O) groups excluding carboxylic acids is 1. The molecule has 1 aromatic heterocycles. The van der Waals surface area contributed by atoms with Crippen molar-refractivity contribution in [1.82, 2.24) is 15.2 Å². The van der Waals surface area contributed by atoms with Crippen LogP contribution in [0.25, 0.3) is 0 Å². The molecule has 7 heteroatoms. The lowest BCUT2D eigenvalue weighted by atomic mass is 10.0. The van der Waals surface area contributed by atoms with Gasteiger partial charge in [0.15, 0.2) is 0 Å². The van der Waals surface area contributed by atoms with Crippen LogP contribution in [0, 0.1) is 0 Å². The van der Waals surface area contributed by atoms with Gasteiger partial charge in [-0.25, -0.2) is 0 Å². The van der Waals surface area contributed by atoms with Crippen LogP contribution in [-0.2, 0) is 0 Å². The van der Waals surface area contributed by atoms with Crippen LogP contribution in [0.15, 0.2) is 18.5 Å². The Morgan fingerprint density at radius 3 is 2.63 bits per heavy atom. The zero-order valence-corrected chi connectivity index (χ0v) is 13.0. The Balaban J connectivity index is 0.00000162. The van der Waals surface area contributed by atoms with Crippen molar-refractivity contribution in [2.75, 3.05) is 20.1 Å². The standard InChI is InChI=1S/C12H16ClN3O.2ClH/c1-16(9-2-5-14-6-3-9)12(17)10-4-7-15-8-11(10)13;;/h4,7-9,14H,2-3,5-6H2,1H3;2*1H. The molecule has 0 spiro atoms. The summed E-state index contributed by atoms with van der Waals surface area (Å²) in [4.78, 5) is 17.9. The average Bonchev–Trinajstić information content (AvgIpc) is 2.39. The van der Waals surface area contributed by atoms with E-state index in [0.717, 1.165) is 25.9 Å². The minimum Gasteiger partial charge on any atom is -0.339 e. The Hall–Kier alpha value is -0.550. The molecule has 1 aliphatic heterocycles. The van der Waals surface area contributed by atoms with Crippen LogP contribution < -0.4 is 5.32 Å². The highest BCUT2D eigenvalue weighted by atomic mass is 35.5. The fraction of sp³-hybridized carbons (Fsp3) is 0.500. The first-order chi connectivity index (χ1) is 8.20. The second-order valence-corrected chi connectivity index (χ2v) is 4.66. The number of aromatic nitrogens is 1. The highest BCUT2D eigenvalue weighted by molar-refractivity contribution is 6.33. The first-order valence-electron chi connectivity index (χ1n) is 5.77. The van der Waals surface area contributed by atoms with E-state index in [0.29, 0.717) is 16.6 Å². The number of piperidine rings is 1.